The van der Waals surface area contributed by atoms with E-state index in [1.54, 1.807) is 18.2 Å². The third-order valence-electron chi connectivity index (χ3n) is 4.85. The normalized spacial score (nSPS) is 14.6. The average molecular weight is 388 g/mol. The highest BCUT2D eigenvalue weighted by Crippen LogP contribution is 2.25. The van der Waals surface area contributed by atoms with Gasteiger partial charge in [-0.15, -0.1) is 0 Å². The fourth-order valence-electron chi connectivity index (χ4n) is 3.41. The molecule has 28 heavy (non-hydrogen) atoms. The zero-order chi connectivity index (χ0) is 19.9. The molecule has 3 N–H and O–H groups in total. The van der Waals surface area contributed by atoms with Crippen LogP contribution in [0.2, 0.25) is 0 Å². The Labute approximate surface area is 161 Å². The molecule has 150 valence electrons. The molecule has 1 aromatic heterocycles. The number of rotatable bonds is 7. The maximum atomic E-state index is 12.5. The van der Waals surface area contributed by atoms with Gasteiger partial charge >= 0.3 is 6.09 Å². The summed E-state index contributed by atoms with van der Waals surface area (Å²) in [5, 5.41) is 13.9. The largest absolute Gasteiger partial charge is 0.488 e. The van der Waals surface area contributed by atoms with E-state index in [9.17, 15) is 14.4 Å². The van der Waals surface area contributed by atoms with E-state index in [1.807, 2.05) is 0 Å². The van der Waals surface area contributed by atoms with Crippen LogP contribution in [0.15, 0.2) is 33.5 Å². The fraction of sp³-hybridized carbons (Fsp3) is 0.450. The third-order valence-corrected chi connectivity index (χ3v) is 4.85. The molecule has 1 saturated carbocycles. The number of para-hydroxylation sites is 1. The lowest BCUT2D eigenvalue weighted by atomic mass is 9.89. The van der Waals surface area contributed by atoms with E-state index in [0.29, 0.717) is 17.8 Å². The molecule has 1 fully saturated rings. The molecule has 0 bridgehead atoms. The third kappa shape index (κ3) is 5.03. The molecular formula is C20H24N2O6. The van der Waals surface area contributed by atoms with Crippen LogP contribution in [-0.4, -0.2) is 36.8 Å². The van der Waals surface area contributed by atoms with E-state index in [4.69, 9.17) is 14.3 Å². The van der Waals surface area contributed by atoms with Gasteiger partial charge in [-0.05, 0) is 30.9 Å². The molecule has 0 aliphatic heterocycles. The molecule has 0 radical (unpaired) electrons. The second-order valence-corrected chi connectivity index (χ2v) is 6.90. The summed E-state index contributed by atoms with van der Waals surface area (Å²) in [4.78, 5) is 35.4. The molecule has 8 heteroatoms. The summed E-state index contributed by atoms with van der Waals surface area (Å²) in [7, 11) is 0. The van der Waals surface area contributed by atoms with Gasteiger partial charge in [-0.3, -0.25) is 9.59 Å². The quantitative estimate of drug-likeness (QED) is 0.628. The standard InChI is InChI=1S/C20H24N2O6/c23-15-11-17(19(24)22-12-13-5-2-1-3-6-13)28-18-14(15)7-4-8-16(18)27-10-9-21-20(25)26/h4,7-8,11,13,21H,1-3,5-6,9-10,12H2,(H,22,24)(H,25,26). The van der Waals surface area contributed by atoms with Crippen LogP contribution in [-0.2, 0) is 0 Å². The molecule has 2 amide bonds. The zero-order valence-electron chi connectivity index (χ0n) is 15.5. The summed E-state index contributed by atoms with van der Waals surface area (Å²) in [6.07, 6.45) is 4.67. The molecule has 8 nitrogen and oxygen atoms in total. The summed E-state index contributed by atoms with van der Waals surface area (Å²) < 4.78 is 11.2. The Morgan fingerprint density at radius 1 is 1.18 bits per heavy atom. The van der Waals surface area contributed by atoms with Crippen LogP contribution in [0.3, 0.4) is 0 Å². The Kier molecular flexibility index (Phi) is 6.52. The van der Waals surface area contributed by atoms with Gasteiger partial charge in [-0.2, -0.15) is 0 Å². The summed E-state index contributed by atoms with van der Waals surface area (Å²) in [6.45, 7) is 0.713. The van der Waals surface area contributed by atoms with E-state index in [0.717, 1.165) is 12.8 Å². The van der Waals surface area contributed by atoms with Crippen molar-refractivity contribution in [1.29, 1.82) is 0 Å². The van der Waals surface area contributed by atoms with Crippen molar-refractivity contribution in [3.63, 3.8) is 0 Å². The molecule has 2 aromatic rings. The van der Waals surface area contributed by atoms with Gasteiger partial charge in [-0.25, -0.2) is 4.79 Å². The summed E-state index contributed by atoms with van der Waals surface area (Å²) >= 11 is 0. The monoisotopic (exact) mass is 388 g/mol. The second-order valence-electron chi connectivity index (χ2n) is 6.90. The van der Waals surface area contributed by atoms with Gasteiger partial charge in [0.05, 0.1) is 11.9 Å². The first kappa shape index (κ1) is 19.7. The van der Waals surface area contributed by atoms with Crippen molar-refractivity contribution < 1.29 is 23.8 Å². The summed E-state index contributed by atoms with van der Waals surface area (Å²) in [6, 6.07) is 6.03. The van der Waals surface area contributed by atoms with Crippen LogP contribution in [0.25, 0.3) is 11.0 Å². The molecule has 0 unspecified atom stereocenters. The molecular weight excluding hydrogens is 364 g/mol. The molecule has 3 rings (SSSR count). The van der Waals surface area contributed by atoms with Gasteiger partial charge in [0.1, 0.15) is 6.61 Å². The van der Waals surface area contributed by atoms with Gasteiger partial charge in [0.15, 0.2) is 22.5 Å². The number of fused-ring (bicyclic) bond motifs is 1. The van der Waals surface area contributed by atoms with E-state index in [-0.39, 0.29) is 35.7 Å². The number of carboxylic acid groups (broad SMARTS) is 1. The minimum Gasteiger partial charge on any atom is -0.488 e. The molecule has 1 aromatic carbocycles. The van der Waals surface area contributed by atoms with Crippen molar-refractivity contribution >= 4 is 23.0 Å². The van der Waals surface area contributed by atoms with E-state index < -0.39 is 12.0 Å². The van der Waals surface area contributed by atoms with Crippen LogP contribution in [0.4, 0.5) is 4.79 Å². The van der Waals surface area contributed by atoms with E-state index in [2.05, 4.69) is 10.6 Å². The number of carbonyl (C=O) groups is 2. The lowest BCUT2D eigenvalue weighted by Crippen LogP contribution is -2.30. The Hall–Kier alpha value is -3.03. The Morgan fingerprint density at radius 3 is 2.71 bits per heavy atom. The number of amides is 2. The molecule has 1 heterocycles. The number of benzene rings is 1. The number of nitrogens with one attached hydrogen (secondary N) is 2. The SMILES string of the molecule is O=C(O)NCCOc1cccc2c(=O)cc(C(=O)NCC3CCCCC3)oc12. The highest BCUT2D eigenvalue weighted by Gasteiger charge is 2.18. The summed E-state index contributed by atoms with van der Waals surface area (Å²) in [5.41, 5.74) is -0.161. The average Bonchev–Trinajstić information content (AvgIpc) is 2.70. The molecule has 0 atom stereocenters. The summed E-state index contributed by atoms with van der Waals surface area (Å²) in [5.74, 6) is 0.258. The predicted molar refractivity (Wildman–Crippen MR) is 103 cm³/mol. The van der Waals surface area contributed by atoms with Crippen molar-refractivity contribution in [2.24, 2.45) is 5.92 Å². The lowest BCUT2D eigenvalue weighted by molar-refractivity contribution is 0.0916. The van der Waals surface area contributed by atoms with Crippen LogP contribution in [0, 0.1) is 5.92 Å². The highest BCUT2D eigenvalue weighted by molar-refractivity contribution is 5.93. The van der Waals surface area contributed by atoms with Gasteiger partial charge in [-0.1, -0.05) is 25.3 Å². The number of ether oxygens (including phenoxy) is 1. The van der Waals surface area contributed by atoms with Crippen LogP contribution >= 0.6 is 0 Å². The van der Waals surface area contributed by atoms with Gasteiger partial charge in [0.25, 0.3) is 5.91 Å². The number of hydrogen-bond donors (Lipinski definition) is 3. The van der Waals surface area contributed by atoms with E-state index in [1.165, 1.54) is 25.3 Å². The van der Waals surface area contributed by atoms with Crippen molar-refractivity contribution in [1.82, 2.24) is 10.6 Å². The van der Waals surface area contributed by atoms with Gasteiger partial charge in [0.2, 0.25) is 0 Å². The topological polar surface area (TPSA) is 118 Å². The van der Waals surface area contributed by atoms with Crippen LogP contribution < -0.4 is 20.8 Å². The Bertz CT molecular complexity index is 901. The maximum Gasteiger partial charge on any atom is 0.404 e. The Balaban J connectivity index is 1.73. The van der Waals surface area contributed by atoms with E-state index >= 15 is 0 Å². The first-order chi connectivity index (χ1) is 13.5. The molecule has 1 aliphatic rings. The first-order valence-electron chi connectivity index (χ1n) is 9.49. The van der Waals surface area contributed by atoms with Crippen molar-refractivity contribution in [2.45, 2.75) is 32.1 Å². The van der Waals surface area contributed by atoms with Crippen LogP contribution in [0.1, 0.15) is 42.7 Å². The molecule has 1 aliphatic carbocycles. The maximum absolute atomic E-state index is 12.5. The zero-order valence-corrected chi connectivity index (χ0v) is 15.5. The number of hydrogen-bond acceptors (Lipinski definition) is 5. The number of carbonyl (C=O) groups excluding carboxylic acids is 1. The fourth-order valence-corrected chi connectivity index (χ4v) is 3.41. The lowest BCUT2D eigenvalue weighted by Gasteiger charge is -2.21. The highest BCUT2D eigenvalue weighted by atomic mass is 16.5. The minimum absolute atomic E-state index is 0.0620. The second kappa shape index (κ2) is 9.25. The van der Waals surface area contributed by atoms with Crippen molar-refractivity contribution in [3.8, 4) is 5.75 Å². The van der Waals surface area contributed by atoms with Gasteiger partial charge < -0.3 is 24.9 Å². The van der Waals surface area contributed by atoms with Crippen molar-refractivity contribution in [2.75, 3.05) is 19.7 Å². The smallest absolute Gasteiger partial charge is 0.404 e. The minimum atomic E-state index is -1.15. The van der Waals surface area contributed by atoms with Crippen molar-refractivity contribution in [3.05, 3.63) is 40.2 Å². The molecule has 0 saturated heterocycles. The van der Waals surface area contributed by atoms with Gasteiger partial charge in [0, 0.05) is 12.6 Å². The molecule has 0 spiro atoms. The Morgan fingerprint density at radius 2 is 1.96 bits per heavy atom. The van der Waals surface area contributed by atoms with Crippen LogP contribution in [0.5, 0.6) is 5.75 Å². The predicted octanol–water partition coefficient (Wildman–Crippen LogP) is 2.75. The first-order valence-corrected chi connectivity index (χ1v) is 9.49.